The molecule has 152 valence electrons. The first-order valence-electron chi connectivity index (χ1n) is 9.48. The number of nitrogens with two attached hydrogens (primary N) is 1. The van der Waals surface area contributed by atoms with Crippen molar-refractivity contribution in [1.29, 1.82) is 0 Å². The van der Waals surface area contributed by atoms with Crippen molar-refractivity contribution in [2.75, 3.05) is 13.6 Å². The van der Waals surface area contributed by atoms with Gasteiger partial charge in [0.1, 0.15) is 11.6 Å². The van der Waals surface area contributed by atoms with Crippen LogP contribution >= 0.6 is 11.6 Å². The fourth-order valence-corrected chi connectivity index (χ4v) is 4.42. The fourth-order valence-electron chi connectivity index (χ4n) is 4.20. The molecule has 1 aromatic heterocycles. The highest BCUT2D eigenvalue weighted by molar-refractivity contribution is 6.31. The van der Waals surface area contributed by atoms with Gasteiger partial charge in [-0.3, -0.25) is 9.58 Å². The lowest BCUT2D eigenvalue weighted by Gasteiger charge is -2.31. The minimum absolute atomic E-state index is 0.110. The van der Waals surface area contributed by atoms with E-state index in [-0.39, 0.29) is 16.8 Å². The number of hydrogen-bond donors (Lipinski definition) is 1. The lowest BCUT2D eigenvalue weighted by molar-refractivity contribution is 0.184. The van der Waals surface area contributed by atoms with Crippen LogP contribution in [0.25, 0.3) is 22.0 Å². The van der Waals surface area contributed by atoms with E-state index in [0.29, 0.717) is 11.1 Å². The van der Waals surface area contributed by atoms with Crippen molar-refractivity contribution < 1.29 is 13.9 Å². The van der Waals surface area contributed by atoms with Crippen LogP contribution in [0.4, 0.5) is 9.18 Å². The molecule has 1 aliphatic rings. The molecule has 4 rings (SSSR count). The summed E-state index contributed by atoms with van der Waals surface area (Å²) >= 11 is 6.12. The van der Waals surface area contributed by atoms with Gasteiger partial charge in [0.15, 0.2) is 0 Å². The Bertz CT molecular complexity index is 1080. The molecule has 0 radical (unpaired) electrons. The molecule has 0 saturated carbocycles. The van der Waals surface area contributed by atoms with E-state index >= 15 is 0 Å². The zero-order chi connectivity index (χ0) is 20.7. The molecule has 29 heavy (non-hydrogen) atoms. The maximum atomic E-state index is 14.2. The van der Waals surface area contributed by atoms with Crippen LogP contribution in [0.3, 0.4) is 0 Å². The van der Waals surface area contributed by atoms with Crippen molar-refractivity contribution in [2.24, 2.45) is 12.8 Å². The van der Waals surface area contributed by atoms with E-state index in [2.05, 4.69) is 11.9 Å². The molecule has 0 aliphatic carbocycles. The summed E-state index contributed by atoms with van der Waals surface area (Å²) in [6, 6.07) is 7.84. The second-order valence-corrected chi connectivity index (χ2v) is 7.85. The Morgan fingerprint density at radius 2 is 2.07 bits per heavy atom. The Hall–Kier alpha value is -2.64. The monoisotopic (exact) mass is 416 g/mol. The summed E-state index contributed by atoms with van der Waals surface area (Å²) < 4.78 is 21.3. The molecular weight excluding hydrogens is 395 g/mol. The van der Waals surface area contributed by atoms with Crippen LogP contribution in [0, 0.1) is 5.82 Å². The third-order valence-electron chi connectivity index (χ3n) is 5.46. The van der Waals surface area contributed by atoms with Crippen molar-refractivity contribution in [1.82, 2.24) is 14.7 Å². The van der Waals surface area contributed by atoms with Crippen molar-refractivity contribution in [2.45, 2.75) is 25.3 Å². The van der Waals surface area contributed by atoms with E-state index in [0.717, 1.165) is 42.4 Å². The number of carbonyl (C=O) groups excluding carboxylic acids is 1. The first kappa shape index (κ1) is 19.7. The first-order chi connectivity index (χ1) is 13.8. The number of ether oxygens (including phenoxy) is 1. The molecule has 1 amide bonds. The number of hydrogen-bond acceptors (Lipinski definition) is 4. The average molecular weight is 417 g/mol. The molecule has 2 aromatic carbocycles. The maximum absolute atomic E-state index is 14.2. The first-order valence-corrected chi connectivity index (χ1v) is 9.86. The van der Waals surface area contributed by atoms with E-state index in [4.69, 9.17) is 27.2 Å². The minimum atomic E-state index is -0.937. The Balaban J connectivity index is 2.04. The van der Waals surface area contributed by atoms with Gasteiger partial charge in [-0.1, -0.05) is 18.0 Å². The fraction of sp³-hybridized carbons (Fsp3) is 0.333. The molecule has 6 nitrogen and oxygen atoms in total. The summed E-state index contributed by atoms with van der Waals surface area (Å²) in [6.45, 7) is 0.974. The van der Waals surface area contributed by atoms with Crippen LogP contribution < -0.4 is 10.5 Å². The molecule has 0 spiro atoms. The lowest BCUT2D eigenvalue weighted by Crippen LogP contribution is -2.30. The molecule has 1 atom stereocenters. The molecular formula is C21H22ClFN4O2. The predicted octanol–water partition coefficient (Wildman–Crippen LogP) is 4.65. The number of benzene rings is 2. The second-order valence-electron chi connectivity index (χ2n) is 7.41. The molecule has 1 saturated heterocycles. The molecule has 3 aromatic rings. The largest absolute Gasteiger partial charge is 0.410 e. The molecule has 0 bridgehead atoms. The quantitative estimate of drug-likeness (QED) is 0.674. The zero-order valence-corrected chi connectivity index (χ0v) is 17.0. The van der Waals surface area contributed by atoms with Gasteiger partial charge in [0.2, 0.25) is 0 Å². The number of amides is 1. The Morgan fingerprint density at radius 3 is 2.76 bits per heavy atom. The number of halogens is 2. The SMILES string of the molecule is CN1CCCCC1c1nn(C)c2ccc(OC(N)=O)c(-c3cc(F)cc(Cl)c3)c12. The number of carbonyl (C=O) groups is 1. The Morgan fingerprint density at radius 1 is 1.28 bits per heavy atom. The third kappa shape index (κ3) is 3.68. The normalized spacial score (nSPS) is 17.6. The van der Waals surface area contributed by atoms with E-state index in [1.807, 2.05) is 13.1 Å². The lowest BCUT2D eigenvalue weighted by atomic mass is 9.93. The topological polar surface area (TPSA) is 73.4 Å². The molecule has 8 heteroatoms. The molecule has 1 fully saturated rings. The molecule has 1 aliphatic heterocycles. The zero-order valence-electron chi connectivity index (χ0n) is 16.3. The minimum Gasteiger partial charge on any atom is -0.410 e. The van der Waals surface area contributed by atoms with Crippen molar-refractivity contribution in [3.63, 3.8) is 0 Å². The van der Waals surface area contributed by atoms with Gasteiger partial charge >= 0.3 is 6.09 Å². The van der Waals surface area contributed by atoms with Gasteiger partial charge in [0, 0.05) is 23.0 Å². The van der Waals surface area contributed by atoms with Gasteiger partial charge in [-0.2, -0.15) is 5.10 Å². The van der Waals surface area contributed by atoms with Crippen LogP contribution in [-0.4, -0.2) is 34.4 Å². The number of primary amides is 1. The Kier molecular flexibility index (Phi) is 5.19. The van der Waals surface area contributed by atoms with Gasteiger partial charge in [-0.15, -0.1) is 0 Å². The van der Waals surface area contributed by atoms with Gasteiger partial charge in [-0.05, 0) is 62.3 Å². The van der Waals surface area contributed by atoms with Gasteiger partial charge in [0.05, 0.1) is 17.3 Å². The number of piperidine rings is 1. The van der Waals surface area contributed by atoms with Gasteiger partial charge in [-0.25, -0.2) is 9.18 Å². The summed E-state index contributed by atoms with van der Waals surface area (Å²) in [5.74, 6) is -0.228. The molecule has 2 N–H and O–H groups in total. The van der Waals surface area contributed by atoms with Crippen molar-refractivity contribution >= 4 is 28.6 Å². The van der Waals surface area contributed by atoms with E-state index in [9.17, 15) is 9.18 Å². The summed E-state index contributed by atoms with van der Waals surface area (Å²) in [5, 5.41) is 5.86. The number of fused-ring (bicyclic) bond motifs is 1. The van der Waals surface area contributed by atoms with Crippen LogP contribution in [0.1, 0.15) is 31.0 Å². The summed E-state index contributed by atoms with van der Waals surface area (Å²) in [7, 11) is 3.94. The highest BCUT2D eigenvalue weighted by Crippen LogP contribution is 2.43. The highest BCUT2D eigenvalue weighted by atomic mass is 35.5. The number of aromatic nitrogens is 2. The maximum Gasteiger partial charge on any atom is 0.409 e. The predicted molar refractivity (Wildman–Crippen MR) is 111 cm³/mol. The number of rotatable bonds is 3. The smallest absolute Gasteiger partial charge is 0.409 e. The van der Waals surface area contributed by atoms with Gasteiger partial charge in [0.25, 0.3) is 0 Å². The standard InChI is InChI=1S/C21H22ClFN4O2/c1-26-8-4-3-5-16(26)20-19-15(27(2)25-20)6-7-17(29-21(24)28)18(19)12-9-13(22)11-14(23)10-12/h6-7,9-11,16H,3-5,8H2,1-2H3,(H2,24,28). The van der Waals surface area contributed by atoms with E-state index in [1.54, 1.807) is 16.8 Å². The van der Waals surface area contributed by atoms with Crippen LogP contribution in [-0.2, 0) is 7.05 Å². The van der Waals surface area contributed by atoms with Crippen molar-refractivity contribution in [3.8, 4) is 16.9 Å². The molecule has 2 heterocycles. The highest BCUT2D eigenvalue weighted by Gasteiger charge is 2.29. The number of aryl methyl sites for hydroxylation is 1. The number of likely N-dealkylation sites (tertiary alicyclic amines) is 1. The Labute approximate surface area is 173 Å². The van der Waals surface area contributed by atoms with Gasteiger partial charge < -0.3 is 10.5 Å². The van der Waals surface area contributed by atoms with E-state index < -0.39 is 11.9 Å². The van der Waals surface area contributed by atoms with Crippen molar-refractivity contribution in [3.05, 3.63) is 46.9 Å². The summed E-state index contributed by atoms with van der Waals surface area (Å²) in [6.07, 6.45) is 2.27. The van der Waals surface area contributed by atoms with Crippen LogP contribution in [0.15, 0.2) is 30.3 Å². The summed E-state index contributed by atoms with van der Waals surface area (Å²) in [4.78, 5) is 13.8. The van der Waals surface area contributed by atoms with Crippen LogP contribution in [0.2, 0.25) is 5.02 Å². The molecule has 1 unspecified atom stereocenters. The summed E-state index contributed by atoms with van der Waals surface area (Å²) in [5.41, 5.74) is 8.08. The number of nitrogens with zero attached hydrogens (tertiary/aromatic N) is 3. The second kappa shape index (κ2) is 7.65. The van der Waals surface area contributed by atoms with E-state index in [1.165, 1.54) is 12.1 Å². The average Bonchev–Trinajstić information content (AvgIpc) is 2.97. The van der Waals surface area contributed by atoms with Crippen LogP contribution in [0.5, 0.6) is 5.75 Å². The third-order valence-corrected chi connectivity index (χ3v) is 5.67.